The molecule has 13 heteroatoms. The molecule has 0 aliphatic rings. The fraction of sp³-hybridized carbons (Fsp3) is 0.231. The van der Waals surface area contributed by atoms with Crippen LogP contribution < -0.4 is 11.1 Å². The fourth-order valence-electron chi connectivity index (χ4n) is 1.79. The van der Waals surface area contributed by atoms with Crippen molar-refractivity contribution in [3.63, 3.8) is 0 Å². The van der Waals surface area contributed by atoms with Crippen LogP contribution >= 0.6 is 0 Å². The predicted octanol–water partition coefficient (Wildman–Crippen LogP) is 3.02. The van der Waals surface area contributed by atoms with Crippen LogP contribution in [0.2, 0.25) is 0 Å². The Morgan fingerprint density at radius 1 is 1.00 bits per heavy atom. The molecule has 140 valence electrons. The van der Waals surface area contributed by atoms with E-state index in [-0.39, 0.29) is 6.07 Å². The molecule has 0 unspecified atom stereocenters. The van der Waals surface area contributed by atoms with Crippen molar-refractivity contribution >= 4 is 23.6 Å². The van der Waals surface area contributed by atoms with Gasteiger partial charge in [0, 0.05) is 5.69 Å². The highest BCUT2D eigenvalue weighted by atomic mass is 19.4. The molecule has 0 fully saturated rings. The predicted molar refractivity (Wildman–Crippen MR) is 75.3 cm³/mol. The lowest BCUT2D eigenvalue weighted by Gasteiger charge is -2.15. The van der Waals surface area contributed by atoms with Gasteiger partial charge in [-0.1, -0.05) is 0 Å². The first kappa shape index (κ1) is 19.2. The lowest BCUT2D eigenvalue weighted by Crippen LogP contribution is -2.14. The van der Waals surface area contributed by atoms with E-state index in [1.165, 1.54) is 0 Å². The zero-order valence-electron chi connectivity index (χ0n) is 12.7. The van der Waals surface area contributed by atoms with E-state index in [0.29, 0.717) is 12.1 Å². The number of anilines is 3. The van der Waals surface area contributed by atoms with Crippen molar-refractivity contribution in [1.82, 2.24) is 15.0 Å². The summed E-state index contributed by atoms with van der Waals surface area (Å²) in [7, 11) is 1.01. The van der Waals surface area contributed by atoms with Gasteiger partial charge < -0.3 is 15.8 Å². The van der Waals surface area contributed by atoms with Gasteiger partial charge in [-0.05, 0) is 18.2 Å². The maximum absolute atomic E-state index is 12.8. The second kappa shape index (κ2) is 6.65. The Bertz CT molecular complexity index is 804. The van der Waals surface area contributed by atoms with Gasteiger partial charge in [0.05, 0.1) is 18.2 Å². The Morgan fingerprint density at radius 2 is 1.54 bits per heavy atom. The third-order valence-corrected chi connectivity index (χ3v) is 2.86. The van der Waals surface area contributed by atoms with Crippen LogP contribution in [0.1, 0.15) is 21.7 Å². The smallest absolute Gasteiger partial charge is 0.416 e. The normalized spacial score (nSPS) is 12.0. The first-order valence-corrected chi connectivity index (χ1v) is 6.56. The summed E-state index contributed by atoms with van der Waals surface area (Å²) in [5.41, 5.74) is 1.64. The number of hydrogen-bond donors (Lipinski definition) is 2. The average Bonchev–Trinajstić information content (AvgIpc) is 2.51. The van der Waals surface area contributed by atoms with Crippen molar-refractivity contribution < 1.29 is 35.9 Å². The lowest BCUT2D eigenvalue weighted by molar-refractivity contribution is -0.143. The van der Waals surface area contributed by atoms with E-state index in [1.807, 2.05) is 0 Å². The van der Waals surface area contributed by atoms with E-state index < -0.39 is 52.9 Å². The van der Waals surface area contributed by atoms with Crippen LogP contribution in [0.5, 0.6) is 0 Å². The number of hydrogen-bond acceptors (Lipinski definition) is 7. The van der Waals surface area contributed by atoms with Gasteiger partial charge in [-0.3, -0.25) is 0 Å². The molecular weight excluding hydrogens is 372 g/mol. The maximum atomic E-state index is 12.8. The molecule has 0 bridgehead atoms. The number of carbonyl (C=O) groups excluding carboxylic acids is 1. The molecule has 0 saturated carbocycles. The zero-order valence-corrected chi connectivity index (χ0v) is 12.7. The third-order valence-electron chi connectivity index (χ3n) is 2.86. The minimum absolute atomic E-state index is 0.0349. The standard InChI is InChI=1S/C13H9F6N5O2/c1-26-9(25)8-22-10(20)24-11(23-8)21-7-3-5(12(14,15)16)2-6(4-7)13(17,18)19/h2-4H,1H3,(H3,20,21,22,23,24). The van der Waals surface area contributed by atoms with Crippen LogP contribution in [0.4, 0.5) is 43.9 Å². The van der Waals surface area contributed by atoms with Gasteiger partial charge in [-0.15, -0.1) is 0 Å². The summed E-state index contributed by atoms with van der Waals surface area (Å²) in [6.07, 6.45) is -10.0. The van der Waals surface area contributed by atoms with Crippen LogP contribution in [-0.2, 0) is 17.1 Å². The topological polar surface area (TPSA) is 103 Å². The van der Waals surface area contributed by atoms with Gasteiger partial charge in [-0.2, -0.15) is 41.3 Å². The van der Waals surface area contributed by atoms with Crippen molar-refractivity contribution in [2.45, 2.75) is 12.4 Å². The Morgan fingerprint density at radius 3 is 2.00 bits per heavy atom. The van der Waals surface area contributed by atoms with Crippen molar-refractivity contribution in [1.29, 1.82) is 0 Å². The Hall–Kier alpha value is -3.12. The molecule has 2 rings (SSSR count). The van der Waals surface area contributed by atoms with E-state index in [1.54, 1.807) is 0 Å². The van der Waals surface area contributed by atoms with Crippen LogP contribution in [0.25, 0.3) is 0 Å². The monoisotopic (exact) mass is 381 g/mol. The van der Waals surface area contributed by atoms with E-state index >= 15 is 0 Å². The van der Waals surface area contributed by atoms with Gasteiger partial charge in [0.2, 0.25) is 17.7 Å². The summed E-state index contributed by atoms with van der Waals surface area (Å²) in [5, 5.41) is 2.14. The summed E-state index contributed by atoms with van der Waals surface area (Å²) in [5.74, 6) is -2.64. The number of rotatable bonds is 3. The number of alkyl halides is 6. The molecular formula is C13H9F6N5O2. The van der Waals surface area contributed by atoms with Crippen LogP contribution in [0.3, 0.4) is 0 Å². The highest BCUT2D eigenvalue weighted by Gasteiger charge is 2.37. The number of benzene rings is 1. The van der Waals surface area contributed by atoms with Gasteiger partial charge in [0.25, 0.3) is 0 Å². The van der Waals surface area contributed by atoms with Crippen molar-refractivity contribution in [3.05, 3.63) is 35.2 Å². The number of carbonyl (C=O) groups is 1. The van der Waals surface area contributed by atoms with E-state index in [2.05, 4.69) is 25.0 Å². The van der Waals surface area contributed by atoms with Crippen LogP contribution in [0.15, 0.2) is 18.2 Å². The van der Waals surface area contributed by atoms with Crippen LogP contribution in [0, 0.1) is 0 Å². The molecule has 1 aromatic carbocycles. The van der Waals surface area contributed by atoms with Crippen molar-refractivity contribution in [2.24, 2.45) is 0 Å². The molecule has 0 amide bonds. The summed E-state index contributed by atoms with van der Waals surface area (Å²) in [4.78, 5) is 21.9. The molecule has 7 nitrogen and oxygen atoms in total. The van der Waals surface area contributed by atoms with Crippen molar-refractivity contribution in [2.75, 3.05) is 18.2 Å². The summed E-state index contributed by atoms with van der Waals surface area (Å²) >= 11 is 0. The Balaban J connectivity index is 2.49. The minimum Gasteiger partial charge on any atom is -0.463 e. The minimum atomic E-state index is -5.02. The first-order chi connectivity index (χ1) is 11.9. The van der Waals surface area contributed by atoms with Crippen molar-refractivity contribution in [3.8, 4) is 0 Å². The molecule has 1 aromatic heterocycles. The summed E-state index contributed by atoms with van der Waals surface area (Å²) < 4.78 is 81.4. The average molecular weight is 381 g/mol. The van der Waals surface area contributed by atoms with Gasteiger partial charge in [-0.25, -0.2) is 4.79 Å². The number of nitrogens with one attached hydrogen (secondary N) is 1. The molecule has 0 spiro atoms. The first-order valence-electron chi connectivity index (χ1n) is 6.56. The number of esters is 1. The second-order valence-electron chi connectivity index (χ2n) is 4.75. The number of halogens is 6. The molecule has 0 atom stereocenters. The fourth-order valence-corrected chi connectivity index (χ4v) is 1.79. The quantitative estimate of drug-likeness (QED) is 0.622. The highest BCUT2D eigenvalue weighted by molar-refractivity contribution is 5.85. The van der Waals surface area contributed by atoms with E-state index in [4.69, 9.17) is 5.73 Å². The molecule has 1 heterocycles. The molecule has 0 radical (unpaired) electrons. The zero-order chi connectivity index (χ0) is 19.7. The molecule has 0 saturated heterocycles. The van der Waals surface area contributed by atoms with E-state index in [9.17, 15) is 31.1 Å². The maximum Gasteiger partial charge on any atom is 0.416 e. The number of nitrogen functional groups attached to an aromatic ring is 1. The highest BCUT2D eigenvalue weighted by Crippen LogP contribution is 2.37. The van der Waals surface area contributed by atoms with Gasteiger partial charge in [0.15, 0.2) is 0 Å². The van der Waals surface area contributed by atoms with Crippen LogP contribution in [-0.4, -0.2) is 28.0 Å². The molecule has 3 N–H and O–H groups in total. The Labute approximate surface area is 141 Å². The number of aromatic nitrogens is 3. The molecule has 26 heavy (non-hydrogen) atoms. The second-order valence-corrected chi connectivity index (χ2v) is 4.75. The largest absolute Gasteiger partial charge is 0.463 e. The van der Waals surface area contributed by atoms with Gasteiger partial charge >= 0.3 is 18.3 Å². The lowest BCUT2D eigenvalue weighted by atomic mass is 10.1. The number of nitrogens with two attached hydrogens (primary N) is 1. The molecule has 0 aliphatic heterocycles. The number of ether oxygens (including phenoxy) is 1. The van der Waals surface area contributed by atoms with E-state index in [0.717, 1.165) is 7.11 Å². The molecule has 0 aliphatic carbocycles. The summed E-state index contributed by atoms with van der Waals surface area (Å²) in [6.45, 7) is 0. The summed E-state index contributed by atoms with van der Waals surface area (Å²) in [6, 6.07) is 0.812. The molecule has 2 aromatic rings. The van der Waals surface area contributed by atoms with Gasteiger partial charge in [0.1, 0.15) is 0 Å². The number of nitrogens with zero attached hydrogens (tertiary/aromatic N) is 3. The SMILES string of the molecule is COC(=O)c1nc(N)nc(Nc2cc(C(F)(F)F)cc(C(F)(F)F)c2)n1. The third kappa shape index (κ3) is 4.49. The number of methoxy groups -OCH3 is 1. The Kier molecular flexibility index (Phi) is 4.91.